The Bertz CT molecular complexity index is 1070. The Hall–Kier alpha value is -4.18. The summed E-state index contributed by atoms with van der Waals surface area (Å²) < 4.78 is 5.27. The molecule has 0 fully saturated rings. The first-order valence-corrected chi connectivity index (χ1v) is 8.77. The molecule has 0 bridgehead atoms. The minimum absolute atomic E-state index is 0.249. The molecule has 1 aromatic heterocycles. The molecule has 2 amide bonds. The van der Waals surface area contributed by atoms with Gasteiger partial charge in [-0.3, -0.25) is 14.6 Å². The van der Waals surface area contributed by atoms with Crippen LogP contribution in [0.25, 0.3) is 0 Å². The van der Waals surface area contributed by atoms with Crippen molar-refractivity contribution in [3.63, 3.8) is 0 Å². The predicted molar refractivity (Wildman–Crippen MR) is 108 cm³/mol. The first kappa shape index (κ1) is 19.6. The van der Waals surface area contributed by atoms with Gasteiger partial charge >= 0.3 is 0 Å². The van der Waals surface area contributed by atoms with Crippen LogP contribution in [0.4, 0.5) is 5.69 Å². The van der Waals surface area contributed by atoms with E-state index in [-0.39, 0.29) is 23.6 Å². The lowest BCUT2D eigenvalue weighted by molar-refractivity contribution is 0.0950. The van der Waals surface area contributed by atoms with Gasteiger partial charge in [0.15, 0.2) is 0 Å². The fourth-order valence-corrected chi connectivity index (χ4v) is 2.65. The Balaban J connectivity index is 1.67. The van der Waals surface area contributed by atoms with Crippen molar-refractivity contribution in [1.29, 1.82) is 5.26 Å². The molecule has 2 aromatic carbocycles. The molecule has 0 atom stereocenters. The highest BCUT2D eigenvalue weighted by Crippen LogP contribution is 2.17. The number of nitrogens with zero attached hydrogens (tertiary/aromatic N) is 2. The second kappa shape index (κ2) is 9.15. The Morgan fingerprint density at radius 3 is 2.41 bits per heavy atom. The normalized spacial score (nSPS) is 9.93. The summed E-state index contributed by atoms with van der Waals surface area (Å²) in [4.78, 5) is 28.9. The van der Waals surface area contributed by atoms with Gasteiger partial charge in [-0.15, -0.1) is 0 Å². The number of para-hydroxylation sites is 1. The van der Waals surface area contributed by atoms with E-state index >= 15 is 0 Å². The number of hydrogen-bond donors (Lipinski definition) is 2. The number of aromatic nitrogens is 1. The predicted octanol–water partition coefficient (Wildman–Crippen LogP) is 3.14. The van der Waals surface area contributed by atoms with E-state index in [1.165, 1.54) is 18.5 Å². The van der Waals surface area contributed by atoms with Gasteiger partial charge in [0.25, 0.3) is 11.8 Å². The van der Waals surface area contributed by atoms with Crippen LogP contribution in [-0.2, 0) is 6.54 Å². The van der Waals surface area contributed by atoms with Crippen molar-refractivity contribution in [2.45, 2.75) is 6.54 Å². The largest absolute Gasteiger partial charge is 0.496 e. The molecule has 144 valence electrons. The molecule has 3 rings (SSSR count). The van der Waals surface area contributed by atoms with Gasteiger partial charge in [-0.2, -0.15) is 5.26 Å². The van der Waals surface area contributed by atoms with E-state index < -0.39 is 5.91 Å². The van der Waals surface area contributed by atoms with Gasteiger partial charge in [0, 0.05) is 30.2 Å². The summed E-state index contributed by atoms with van der Waals surface area (Å²) in [7, 11) is 1.57. The van der Waals surface area contributed by atoms with Crippen molar-refractivity contribution in [2.24, 2.45) is 0 Å². The number of methoxy groups -OCH3 is 1. The number of hydrogen-bond acceptors (Lipinski definition) is 5. The Labute approximate surface area is 168 Å². The lowest BCUT2D eigenvalue weighted by atomic mass is 10.1. The van der Waals surface area contributed by atoms with Gasteiger partial charge in [0.2, 0.25) is 0 Å². The quantitative estimate of drug-likeness (QED) is 0.677. The topological polar surface area (TPSA) is 104 Å². The molecule has 29 heavy (non-hydrogen) atoms. The molecule has 0 aliphatic carbocycles. The second-order valence-corrected chi connectivity index (χ2v) is 6.10. The monoisotopic (exact) mass is 386 g/mol. The maximum atomic E-state index is 12.5. The van der Waals surface area contributed by atoms with Gasteiger partial charge in [-0.05, 0) is 36.4 Å². The third kappa shape index (κ3) is 4.96. The Morgan fingerprint density at radius 2 is 1.72 bits per heavy atom. The highest BCUT2D eigenvalue weighted by molar-refractivity contribution is 6.05. The molecule has 0 spiro atoms. The molecule has 0 aliphatic heterocycles. The van der Waals surface area contributed by atoms with Crippen LogP contribution < -0.4 is 15.4 Å². The fraction of sp³-hybridized carbons (Fsp3) is 0.0909. The van der Waals surface area contributed by atoms with Crippen LogP contribution >= 0.6 is 0 Å². The van der Waals surface area contributed by atoms with Crippen LogP contribution in [0.2, 0.25) is 0 Å². The minimum Gasteiger partial charge on any atom is -0.496 e. The van der Waals surface area contributed by atoms with Crippen molar-refractivity contribution in [3.8, 4) is 11.8 Å². The van der Waals surface area contributed by atoms with Crippen molar-refractivity contribution >= 4 is 17.5 Å². The molecule has 2 N–H and O–H groups in total. The zero-order valence-electron chi connectivity index (χ0n) is 15.7. The number of rotatable bonds is 6. The molecule has 7 heteroatoms. The molecule has 0 saturated heterocycles. The summed E-state index contributed by atoms with van der Waals surface area (Å²) in [6, 6.07) is 17.4. The van der Waals surface area contributed by atoms with E-state index in [0.717, 1.165) is 5.56 Å². The summed E-state index contributed by atoms with van der Waals surface area (Å²) in [5, 5.41) is 14.3. The molecule has 3 aromatic rings. The van der Waals surface area contributed by atoms with E-state index in [0.29, 0.717) is 17.0 Å². The number of nitrogens with one attached hydrogen (secondary N) is 2. The third-order valence-corrected chi connectivity index (χ3v) is 4.17. The highest BCUT2D eigenvalue weighted by Gasteiger charge is 2.12. The van der Waals surface area contributed by atoms with Gasteiger partial charge < -0.3 is 15.4 Å². The number of anilines is 1. The molecule has 0 radical (unpaired) electrons. The van der Waals surface area contributed by atoms with Crippen LogP contribution in [0.5, 0.6) is 5.75 Å². The van der Waals surface area contributed by atoms with Crippen molar-refractivity contribution in [1.82, 2.24) is 10.3 Å². The number of nitriles is 1. The first-order valence-electron chi connectivity index (χ1n) is 8.77. The maximum absolute atomic E-state index is 12.5. The summed E-state index contributed by atoms with van der Waals surface area (Å²) in [5.74, 6) is -0.0699. The molecule has 1 heterocycles. The number of pyridine rings is 1. The van der Waals surface area contributed by atoms with Gasteiger partial charge in [0.1, 0.15) is 5.75 Å². The van der Waals surface area contributed by atoms with E-state index in [9.17, 15) is 9.59 Å². The summed E-state index contributed by atoms with van der Waals surface area (Å²) in [6.45, 7) is 0.282. The van der Waals surface area contributed by atoms with E-state index in [1.807, 2.05) is 30.3 Å². The van der Waals surface area contributed by atoms with Crippen molar-refractivity contribution < 1.29 is 14.3 Å². The van der Waals surface area contributed by atoms with Crippen LogP contribution in [0.15, 0.2) is 67.0 Å². The van der Waals surface area contributed by atoms with Crippen LogP contribution in [0.1, 0.15) is 31.8 Å². The van der Waals surface area contributed by atoms with E-state index in [4.69, 9.17) is 10.00 Å². The fourth-order valence-electron chi connectivity index (χ4n) is 2.65. The van der Waals surface area contributed by atoms with Crippen molar-refractivity contribution in [2.75, 3.05) is 12.4 Å². The first-order chi connectivity index (χ1) is 14.1. The van der Waals surface area contributed by atoms with Crippen LogP contribution in [-0.4, -0.2) is 23.9 Å². The number of benzene rings is 2. The van der Waals surface area contributed by atoms with Crippen LogP contribution in [0.3, 0.4) is 0 Å². The number of amides is 2. The molecule has 0 unspecified atom stereocenters. The Morgan fingerprint density at radius 1 is 1.03 bits per heavy atom. The van der Waals surface area contributed by atoms with Gasteiger partial charge in [-0.25, -0.2) is 0 Å². The van der Waals surface area contributed by atoms with E-state index in [1.54, 1.807) is 31.4 Å². The standard InChI is InChI=1S/C22H18N4O3/c1-29-20-5-3-2-4-16(20)14-25-21(27)17-10-18(13-24-12-17)22(28)26-19-8-6-15(11-23)7-9-19/h2-10,12-13H,14H2,1H3,(H,25,27)(H,26,28). The molecular formula is C22H18N4O3. The zero-order valence-corrected chi connectivity index (χ0v) is 15.7. The smallest absolute Gasteiger partial charge is 0.257 e. The molecule has 0 aliphatic rings. The summed E-state index contributed by atoms with van der Waals surface area (Å²) in [6.07, 6.45) is 2.78. The molecule has 0 saturated carbocycles. The van der Waals surface area contributed by atoms with Gasteiger partial charge in [-0.1, -0.05) is 18.2 Å². The minimum atomic E-state index is -0.401. The average molecular weight is 386 g/mol. The third-order valence-electron chi connectivity index (χ3n) is 4.17. The highest BCUT2D eigenvalue weighted by atomic mass is 16.5. The number of carbonyl (C=O) groups excluding carboxylic acids is 2. The number of ether oxygens (including phenoxy) is 1. The lowest BCUT2D eigenvalue weighted by Gasteiger charge is -2.10. The zero-order chi connectivity index (χ0) is 20.6. The second-order valence-electron chi connectivity index (χ2n) is 6.10. The van der Waals surface area contributed by atoms with Gasteiger partial charge in [0.05, 0.1) is 29.9 Å². The van der Waals surface area contributed by atoms with Crippen LogP contribution in [0, 0.1) is 11.3 Å². The van der Waals surface area contributed by atoms with E-state index in [2.05, 4.69) is 15.6 Å². The van der Waals surface area contributed by atoms with Crippen molar-refractivity contribution in [3.05, 3.63) is 89.2 Å². The maximum Gasteiger partial charge on any atom is 0.257 e. The number of carbonyl (C=O) groups is 2. The molecule has 7 nitrogen and oxygen atoms in total. The average Bonchev–Trinajstić information content (AvgIpc) is 2.78. The Kier molecular flexibility index (Phi) is 6.18. The molecular weight excluding hydrogens is 368 g/mol. The summed E-state index contributed by atoms with van der Waals surface area (Å²) in [5.41, 5.74) is 2.40. The lowest BCUT2D eigenvalue weighted by Crippen LogP contribution is -2.24. The SMILES string of the molecule is COc1ccccc1CNC(=O)c1cncc(C(=O)Nc2ccc(C#N)cc2)c1. The summed E-state index contributed by atoms with van der Waals surface area (Å²) >= 11 is 0.